The fraction of sp³-hybridized carbons (Fsp3) is 0.346. The van der Waals surface area contributed by atoms with Crippen molar-refractivity contribution in [1.29, 1.82) is 0 Å². The number of piperidine rings is 1. The second-order valence-corrected chi connectivity index (χ2v) is 8.23. The minimum Gasteiger partial charge on any atom is -0.497 e. The molecule has 3 aromatic rings. The van der Waals surface area contributed by atoms with Gasteiger partial charge in [0, 0.05) is 35.8 Å². The molecule has 1 aliphatic heterocycles. The van der Waals surface area contributed by atoms with Gasteiger partial charge >= 0.3 is 0 Å². The molecule has 7 nitrogen and oxygen atoms in total. The summed E-state index contributed by atoms with van der Waals surface area (Å²) in [6, 6.07) is 11.9. The second-order valence-electron chi connectivity index (χ2n) is 8.23. The Morgan fingerprint density at radius 3 is 2.55 bits per heavy atom. The molecule has 0 spiro atoms. The van der Waals surface area contributed by atoms with Gasteiger partial charge in [-0.2, -0.15) is 5.10 Å². The molecule has 1 aromatic heterocycles. The second kappa shape index (κ2) is 9.90. The van der Waals surface area contributed by atoms with Crippen LogP contribution in [0.25, 0.3) is 0 Å². The topological polar surface area (TPSA) is 84.5 Å². The van der Waals surface area contributed by atoms with E-state index in [0.717, 1.165) is 31.5 Å². The lowest BCUT2D eigenvalue weighted by Gasteiger charge is -2.32. The maximum Gasteiger partial charge on any atom is 0.253 e. The van der Waals surface area contributed by atoms with Crippen LogP contribution >= 0.6 is 0 Å². The van der Waals surface area contributed by atoms with Crippen LogP contribution in [0.4, 0.5) is 0 Å². The molecule has 4 rings (SSSR count). The van der Waals surface area contributed by atoms with E-state index < -0.39 is 0 Å². The van der Waals surface area contributed by atoms with Gasteiger partial charge in [-0.15, -0.1) is 0 Å². The van der Waals surface area contributed by atoms with Gasteiger partial charge in [0.15, 0.2) is 5.78 Å². The first-order valence-electron chi connectivity index (χ1n) is 11.2. The van der Waals surface area contributed by atoms with Crippen LogP contribution in [0.2, 0.25) is 0 Å². The average molecular weight is 448 g/mol. The summed E-state index contributed by atoms with van der Waals surface area (Å²) >= 11 is 0. The number of rotatable bonds is 7. The number of carbonyl (C=O) groups excluding carboxylic acids is 2. The predicted octanol–water partition coefficient (Wildman–Crippen LogP) is 4.24. The Balaban J connectivity index is 1.50. The van der Waals surface area contributed by atoms with Crippen LogP contribution in [0, 0.1) is 0 Å². The summed E-state index contributed by atoms with van der Waals surface area (Å²) in [4.78, 5) is 28.2. The van der Waals surface area contributed by atoms with Crippen LogP contribution in [0.1, 0.15) is 63.2 Å². The van der Waals surface area contributed by atoms with E-state index in [1.165, 1.54) is 12.7 Å². The highest BCUT2D eigenvalue weighted by Gasteiger charge is 2.28. The number of methoxy groups -OCH3 is 2. The molecule has 1 aliphatic rings. The van der Waals surface area contributed by atoms with E-state index in [0.29, 0.717) is 34.7 Å². The fourth-order valence-corrected chi connectivity index (χ4v) is 4.45. The number of hydrogen-bond acceptors (Lipinski definition) is 5. The number of H-pyrrole nitrogens is 1. The number of amides is 1. The molecule has 0 aliphatic carbocycles. The van der Waals surface area contributed by atoms with Gasteiger partial charge in [-0.3, -0.25) is 14.7 Å². The van der Waals surface area contributed by atoms with Gasteiger partial charge in [-0.1, -0.05) is 19.1 Å². The quantitative estimate of drug-likeness (QED) is 0.548. The van der Waals surface area contributed by atoms with Crippen LogP contribution in [0.3, 0.4) is 0 Å². The lowest BCUT2D eigenvalue weighted by molar-refractivity contribution is 0.0705. The molecule has 0 radical (unpaired) electrons. The van der Waals surface area contributed by atoms with Crippen molar-refractivity contribution in [3.05, 3.63) is 76.6 Å². The average Bonchev–Trinajstić information content (AvgIpc) is 3.36. The van der Waals surface area contributed by atoms with Gasteiger partial charge in [0.1, 0.15) is 11.5 Å². The summed E-state index contributed by atoms with van der Waals surface area (Å²) < 4.78 is 10.6. The molecule has 1 unspecified atom stereocenters. The Hall–Kier alpha value is -3.61. The molecule has 1 fully saturated rings. The molecule has 0 saturated carbocycles. The van der Waals surface area contributed by atoms with Crippen LogP contribution in [0.15, 0.2) is 48.7 Å². The zero-order valence-electron chi connectivity index (χ0n) is 19.3. The van der Waals surface area contributed by atoms with Crippen LogP contribution in [-0.2, 0) is 6.42 Å². The maximum atomic E-state index is 13.2. The van der Waals surface area contributed by atoms with Gasteiger partial charge in [0.2, 0.25) is 0 Å². The summed E-state index contributed by atoms with van der Waals surface area (Å²) in [6.07, 6.45) is 4.78. The van der Waals surface area contributed by atoms with Crippen molar-refractivity contribution in [3.63, 3.8) is 0 Å². The smallest absolute Gasteiger partial charge is 0.253 e. The van der Waals surface area contributed by atoms with Crippen molar-refractivity contribution < 1.29 is 19.1 Å². The molecule has 1 N–H and O–H groups in total. The number of nitrogens with one attached hydrogen (secondary N) is 1. The molecule has 2 aromatic carbocycles. The summed E-state index contributed by atoms with van der Waals surface area (Å²) in [5.41, 5.74) is 3.83. The normalized spacial score (nSPS) is 15.8. The molecule has 1 amide bonds. The highest BCUT2D eigenvalue weighted by molar-refractivity contribution is 6.11. The van der Waals surface area contributed by atoms with E-state index in [-0.39, 0.29) is 17.6 Å². The molecule has 172 valence electrons. The summed E-state index contributed by atoms with van der Waals surface area (Å²) in [7, 11) is 3.08. The largest absolute Gasteiger partial charge is 0.497 e. The van der Waals surface area contributed by atoms with E-state index in [1.54, 1.807) is 49.6 Å². The number of nitrogens with zero attached hydrogens (tertiary/aromatic N) is 2. The number of likely N-dealkylation sites (tertiary alicyclic amines) is 1. The molecule has 7 heteroatoms. The first-order valence-corrected chi connectivity index (χ1v) is 11.2. The Morgan fingerprint density at radius 2 is 1.85 bits per heavy atom. The minimum absolute atomic E-state index is 0.0183. The van der Waals surface area contributed by atoms with E-state index in [1.807, 2.05) is 11.1 Å². The number of hydrogen-bond donors (Lipinski definition) is 1. The first-order chi connectivity index (χ1) is 16.0. The van der Waals surface area contributed by atoms with Crippen LogP contribution in [0.5, 0.6) is 11.5 Å². The van der Waals surface area contributed by atoms with Crippen molar-refractivity contribution in [2.75, 3.05) is 27.3 Å². The highest BCUT2D eigenvalue weighted by atomic mass is 16.5. The zero-order chi connectivity index (χ0) is 23.4. The van der Waals surface area contributed by atoms with Crippen molar-refractivity contribution in [2.45, 2.75) is 32.1 Å². The Kier molecular flexibility index (Phi) is 6.77. The number of ether oxygens (including phenoxy) is 2. The molecule has 2 heterocycles. The molecule has 0 bridgehead atoms. The van der Waals surface area contributed by atoms with E-state index in [9.17, 15) is 9.59 Å². The summed E-state index contributed by atoms with van der Waals surface area (Å²) in [6.45, 7) is 3.51. The molecule has 1 atom stereocenters. The van der Waals surface area contributed by atoms with E-state index >= 15 is 0 Å². The third kappa shape index (κ3) is 4.62. The molecular weight excluding hydrogens is 418 g/mol. The number of aromatic nitrogens is 2. The molecule has 1 saturated heterocycles. The Bertz CT molecular complexity index is 1140. The zero-order valence-corrected chi connectivity index (χ0v) is 19.3. The van der Waals surface area contributed by atoms with E-state index in [2.05, 4.69) is 17.1 Å². The third-order valence-corrected chi connectivity index (χ3v) is 6.29. The Morgan fingerprint density at radius 1 is 1.09 bits per heavy atom. The number of carbonyl (C=O) groups is 2. The highest BCUT2D eigenvalue weighted by Crippen LogP contribution is 2.29. The number of benzene rings is 2. The third-order valence-electron chi connectivity index (χ3n) is 6.29. The van der Waals surface area contributed by atoms with Gasteiger partial charge in [-0.05, 0) is 55.2 Å². The van der Waals surface area contributed by atoms with Crippen molar-refractivity contribution in [3.8, 4) is 11.5 Å². The number of ketones is 1. The van der Waals surface area contributed by atoms with Gasteiger partial charge in [0.25, 0.3) is 5.91 Å². The van der Waals surface area contributed by atoms with Crippen molar-refractivity contribution in [1.82, 2.24) is 15.1 Å². The summed E-state index contributed by atoms with van der Waals surface area (Å²) in [5.74, 6) is 1.12. The van der Waals surface area contributed by atoms with Crippen LogP contribution in [-0.4, -0.2) is 54.1 Å². The lowest BCUT2D eigenvalue weighted by atomic mass is 9.91. The fourth-order valence-electron chi connectivity index (χ4n) is 4.45. The van der Waals surface area contributed by atoms with Crippen molar-refractivity contribution >= 4 is 11.7 Å². The van der Waals surface area contributed by atoms with E-state index in [4.69, 9.17) is 9.47 Å². The molecule has 33 heavy (non-hydrogen) atoms. The predicted molar refractivity (Wildman–Crippen MR) is 125 cm³/mol. The van der Waals surface area contributed by atoms with Gasteiger partial charge in [0.05, 0.1) is 26.0 Å². The first kappa shape index (κ1) is 22.6. The van der Waals surface area contributed by atoms with Crippen molar-refractivity contribution in [2.24, 2.45) is 0 Å². The van der Waals surface area contributed by atoms with Gasteiger partial charge < -0.3 is 14.4 Å². The number of aryl methyl sites for hydroxylation is 1. The Labute approximate surface area is 193 Å². The molecular formula is C26H29N3O4. The SMILES string of the molecule is CCc1cn[nH]c1C1CCCN(C(=O)c2ccc(C(=O)c3cc(OC)ccc3OC)cc2)C1. The summed E-state index contributed by atoms with van der Waals surface area (Å²) in [5, 5.41) is 7.33. The number of aromatic amines is 1. The van der Waals surface area contributed by atoms with Crippen LogP contribution < -0.4 is 9.47 Å². The lowest BCUT2D eigenvalue weighted by Crippen LogP contribution is -2.39. The standard InChI is InChI=1S/C26H29N3O4/c1-4-17-15-27-28-24(17)20-6-5-13-29(16-20)26(31)19-9-7-18(8-10-19)25(30)22-14-21(32-2)11-12-23(22)33-3/h7-12,14-15,20H,4-6,13,16H2,1-3H3,(H,27,28). The monoisotopic (exact) mass is 447 g/mol. The maximum absolute atomic E-state index is 13.2. The minimum atomic E-state index is -0.186. The van der Waals surface area contributed by atoms with Gasteiger partial charge in [-0.25, -0.2) is 0 Å².